The van der Waals surface area contributed by atoms with Gasteiger partial charge in [-0.2, -0.15) is 0 Å². The lowest BCUT2D eigenvalue weighted by Gasteiger charge is -2.15. The van der Waals surface area contributed by atoms with Crippen LogP contribution >= 0.6 is 0 Å². The molecule has 0 aliphatic heterocycles. The van der Waals surface area contributed by atoms with Crippen molar-refractivity contribution in [1.82, 2.24) is 5.32 Å². The van der Waals surface area contributed by atoms with Crippen molar-refractivity contribution >= 4 is 11.9 Å². The lowest BCUT2D eigenvalue weighted by atomic mass is 9.94. The first-order valence-electron chi connectivity index (χ1n) is 6.63. The highest BCUT2D eigenvalue weighted by Crippen LogP contribution is 2.28. The fourth-order valence-corrected chi connectivity index (χ4v) is 2.06. The summed E-state index contributed by atoms with van der Waals surface area (Å²) in [6.07, 6.45) is 6.04. The topological polar surface area (TPSA) is 66.4 Å². The van der Waals surface area contributed by atoms with E-state index < -0.39 is 5.97 Å². The van der Waals surface area contributed by atoms with Crippen LogP contribution < -0.4 is 5.32 Å². The molecular weight excluding hydrogens is 218 g/mol. The third-order valence-corrected chi connectivity index (χ3v) is 3.26. The zero-order chi connectivity index (χ0) is 12.7. The second-order valence-corrected chi connectivity index (χ2v) is 4.94. The molecule has 1 atom stereocenters. The van der Waals surface area contributed by atoms with Gasteiger partial charge in [-0.15, -0.1) is 0 Å². The van der Waals surface area contributed by atoms with Gasteiger partial charge in [0.1, 0.15) is 0 Å². The van der Waals surface area contributed by atoms with Crippen LogP contribution in [0.15, 0.2) is 0 Å². The van der Waals surface area contributed by atoms with Crippen molar-refractivity contribution in [3.05, 3.63) is 0 Å². The molecule has 0 spiro atoms. The number of carbonyl (C=O) groups is 2. The van der Waals surface area contributed by atoms with Crippen LogP contribution in [-0.4, -0.2) is 23.5 Å². The first-order valence-corrected chi connectivity index (χ1v) is 6.63. The van der Waals surface area contributed by atoms with Gasteiger partial charge >= 0.3 is 5.97 Å². The lowest BCUT2D eigenvalue weighted by Crippen LogP contribution is -2.27. The summed E-state index contributed by atoms with van der Waals surface area (Å²) >= 11 is 0. The lowest BCUT2D eigenvalue weighted by molar-refractivity contribution is -0.137. The quantitative estimate of drug-likeness (QED) is 0.650. The Bertz CT molecular complexity index is 261. The molecule has 0 aromatic heterocycles. The number of nitrogens with one attached hydrogen (secondary N) is 1. The Morgan fingerprint density at radius 3 is 2.53 bits per heavy atom. The van der Waals surface area contributed by atoms with E-state index >= 15 is 0 Å². The highest BCUT2D eigenvalue weighted by molar-refractivity contribution is 5.80. The summed E-state index contributed by atoms with van der Waals surface area (Å²) in [4.78, 5) is 21.9. The second kappa shape index (κ2) is 7.30. The van der Waals surface area contributed by atoms with Gasteiger partial charge < -0.3 is 10.4 Å². The zero-order valence-electron chi connectivity index (χ0n) is 10.6. The molecule has 0 saturated heterocycles. The number of carboxylic acid groups (broad SMARTS) is 1. The molecule has 1 aliphatic carbocycles. The average Bonchev–Trinajstić information content (AvgIpc) is 3.09. The highest BCUT2D eigenvalue weighted by Gasteiger charge is 2.29. The van der Waals surface area contributed by atoms with E-state index in [1.165, 1.54) is 0 Å². The summed E-state index contributed by atoms with van der Waals surface area (Å²) in [5.41, 5.74) is 0. The molecule has 1 unspecified atom stereocenters. The number of aliphatic carboxylic acids is 1. The molecule has 1 saturated carbocycles. The molecule has 0 heterocycles. The average molecular weight is 241 g/mol. The van der Waals surface area contributed by atoms with Crippen LogP contribution in [0.2, 0.25) is 0 Å². The zero-order valence-corrected chi connectivity index (χ0v) is 10.6. The standard InChI is InChI=1S/C13H23NO3/c1-2-3-10(4-7-12(15)16)8-9-14-13(17)11-5-6-11/h10-11H,2-9H2,1H3,(H,14,17)(H,15,16). The van der Waals surface area contributed by atoms with Crippen molar-refractivity contribution in [3.63, 3.8) is 0 Å². The Labute approximate surface area is 103 Å². The number of carboxylic acids is 1. The van der Waals surface area contributed by atoms with Gasteiger partial charge in [0.05, 0.1) is 0 Å². The molecule has 1 rings (SSSR count). The largest absolute Gasteiger partial charge is 0.481 e. The Hall–Kier alpha value is -1.06. The molecule has 0 aromatic carbocycles. The summed E-state index contributed by atoms with van der Waals surface area (Å²) in [7, 11) is 0. The smallest absolute Gasteiger partial charge is 0.303 e. The minimum atomic E-state index is -0.729. The Kier molecular flexibility index (Phi) is 6.01. The Balaban J connectivity index is 2.13. The van der Waals surface area contributed by atoms with Gasteiger partial charge in [-0.3, -0.25) is 9.59 Å². The van der Waals surface area contributed by atoms with E-state index in [0.29, 0.717) is 12.5 Å². The fraction of sp³-hybridized carbons (Fsp3) is 0.846. The molecular formula is C13H23NO3. The van der Waals surface area contributed by atoms with Crippen LogP contribution in [0.25, 0.3) is 0 Å². The fourth-order valence-electron chi connectivity index (χ4n) is 2.06. The number of rotatable bonds is 9. The monoisotopic (exact) mass is 241 g/mol. The minimum Gasteiger partial charge on any atom is -0.481 e. The van der Waals surface area contributed by atoms with E-state index in [4.69, 9.17) is 5.11 Å². The molecule has 98 valence electrons. The molecule has 17 heavy (non-hydrogen) atoms. The maximum absolute atomic E-state index is 11.4. The maximum atomic E-state index is 11.4. The van der Waals surface area contributed by atoms with Gasteiger partial charge in [0.2, 0.25) is 5.91 Å². The molecule has 1 aliphatic rings. The van der Waals surface area contributed by atoms with Gasteiger partial charge in [0, 0.05) is 18.9 Å². The number of amides is 1. The second-order valence-electron chi connectivity index (χ2n) is 4.94. The Morgan fingerprint density at radius 1 is 1.29 bits per heavy atom. The van der Waals surface area contributed by atoms with E-state index in [2.05, 4.69) is 12.2 Å². The summed E-state index contributed by atoms with van der Waals surface area (Å²) in [6.45, 7) is 2.80. The highest BCUT2D eigenvalue weighted by atomic mass is 16.4. The predicted molar refractivity (Wildman–Crippen MR) is 65.6 cm³/mol. The van der Waals surface area contributed by atoms with E-state index in [9.17, 15) is 9.59 Å². The molecule has 0 aromatic rings. The van der Waals surface area contributed by atoms with Crippen molar-refractivity contribution in [1.29, 1.82) is 0 Å². The van der Waals surface area contributed by atoms with Crippen LogP contribution in [0.1, 0.15) is 51.9 Å². The van der Waals surface area contributed by atoms with Crippen molar-refractivity contribution in [3.8, 4) is 0 Å². The molecule has 1 amide bonds. The summed E-state index contributed by atoms with van der Waals surface area (Å²) in [5, 5.41) is 11.6. The van der Waals surface area contributed by atoms with Gasteiger partial charge in [0.15, 0.2) is 0 Å². The van der Waals surface area contributed by atoms with Gasteiger partial charge in [-0.05, 0) is 31.6 Å². The molecule has 0 bridgehead atoms. The third-order valence-electron chi connectivity index (χ3n) is 3.26. The first-order chi connectivity index (χ1) is 8.13. The SMILES string of the molecule is CCCC(CCNC(=O)C1CC1)CCC(=O)O. The van der Waals surface area contributed by atoms with E-state index in [1.54, 1.807) is 0 Å². The minimum absolute atomic E-state index is 0.179. The first kappa shape index (κ1) is 14.0. The maximum Gasteiger partial charge on any atom is 0.303 e. The van der Waals surface area contributed by atoms with E-state index in [0.717, 1.165) is 38.5 Å². The molecule has 0 radical (unpaired) electrons. The van der Waals surface area contributed by atoms with Gasteiger partial charge in [-0.1, -0.05) is 19.8 Å². The normalized spacial score (nSPS) is 16.5. The van der Waals surface area contributed by atoms with Crippen molar-refractivity contribution < 1.29 is 14.7 Å². The van der Waals surface area contributed by atoms with Crippen LogP contribution in [0.5, 0.6) is 0 Å². The van der Waals surface area contributed by atoms with Crippen LogP contribution in [0.4, 0.5) is 0 Å². The third kappa shape index (κ3) is 6.29. The van der Waals surface area contributed by atoms with Gasteiger partial charge in [0.25, 0.3) is 0 Å². The molecule has 1 fully saturated rings. The number of carbonyl (C=O) groups excluding carboxylic acids is 1. The van der Waals surface area contributed by atoms with Crippen molar-refractivity contribution in [2.75, 3.05) is 6.54 Å². The number of hydrogen-bond donors (Lipinski definition) is 2. The van der Waals surface area contributed by atoms with E-state index in [1.807, 2.05) is 0 Å². The predicted octanol–water partition coefficient (Wildman–Crippen LogP) is 2.18. The van der Waals surface area contributed by atoms with E-state index in [-0.39, 0.29) is 18.2 Å². The molecule has 4 heteroatoms. The molecule has 4 nitrogen and oxygen atoms in total. The van der Waals surface area contributed by atoms with Gasteiger partial charge in [-0.25, -0.2) is 0 Å². The Morgan fingerprint density at radius 2 is 2.00 bits per heavy atom. The summed E-state index contributed by atoms with van der Waals surface area (Å²) in [5.74, 6) is 0.140. The molecule has 2 N–H and O–H groups in total. The summed E-state index contributed by atoms with van der Waals surface area (Å²) in [6, 6.07) is 0. The van der Waals surface area contributed by atoms with Crippen LogP contribution in [-0.2, 0) is 9.59 Å². The van der Waals surface area contributed by atoms with Crippen LogP contribution in [0.3, 0.4) is 0 Å². The van der Waals surface area contributed by atoms with Crippen LogP contribution in [0, 0.1) is 11.8 Å². The van der Waals surface area contributed by atoms with Crippen molar-refractivity contribution in [2.45, 2.75) is 51.9 Å². The van der Waals surface area contributed by atoms with Crippen molar-refractivity contribution in [2.24, 2.45) is 11.8 Å². The number of hydrogen-bond acceptors (Lipinski definition) is 2. The summed E-state index contributed by atoms with van der Waals surface area (Å²) < 4.78 is 0.